The van der Waals surface area contributed by atoms with E-state index in [9.17, 15) is 4.79 Å². The first-order chi connectivity index (χ1) is 15.6. The van der Waals surface area contributed by atoms with Crippen LogP contribution in [-0.4, -0.2) is 39.7 Å². The lowest BCUT2D eigenvalue weighted by Crippen LogP contribution is -2.27. The van der Waals surface area contributed by atoms with E-state index in [-0.39, 0.29) is 11.9 Å². The van der Waals surface area contributed by atoms with E-state index in [1.54, 1.807) is 25.1 Å². The molecule has 1 atom stereocenters. The number of ether oxygens (including phenoxy) is 2. The van der Waals surface area contributed by atoms with Gasteiger partial charge in [0.2, 0.25) is 5.91 Å². The van der Waals surface area contributed by atoms with E-state index in [0.29, 0.717) is 24.3 Å². The van der Waals surface area contributed by atoms with E-state index in [0.717, 1.165) is 28.3 Å². The Kier molecular flexibility index (Phi) is 6.30. The van der Waals surface area contributed by atoms with Gasteiger partial charge in [-0.2, -0.15) is 0 Å². The molecule has 0 spiro atoms. The summed E-state index contributed by atoms with van der Waals surface area (Å²) in [6, 6.07) is 16.9. The van der Waals surface area contributed by atoms with Crippen molar-refractivity contribution in [1.82, 2.24) is 24.9 Å². The molecule has 2 heterocycles. The van der Waals surface area contributed by atoms with Crippen LogP contribution in [0.4, 0.5) is 0 Å². The molecule has 1 amide bonds. The van der Waals surface area contributed by atoms with Gasteiger partial charge >= 0.3 is 0 Å². The number of fused-ring (bicyclic) bond motifs is 1. The van der Waals surface area contributed by atoms with E-state index in [1.807, 2.05) is 61.5 Å². The van der Waals surface area contributed by atoms with Crippen LogP contribution in [0.1, 0.15) is 30.8 Å². The van der Waals surface area contributed by atoms with Gasteiger partial charge in [0.05, 0.1) is 26.0 Å². The lowest BCUT2D eigenvalue weighted by molar-refractivity contribution is -0.121. The van der Waals surface area contributed by atoms with Crippen LogP contribution in [0.2, 0.25) is 0 Å². The Balaban J connectivity index is 1.42. The highest BCUT2D eigenvalue weighted by Crippen LogP contribution is 2.22. The minimum atomic E-state index is -0.329. The normalized spacial score (nSPS) is 11.8. The summed E-state index contributed by atoms with van der Waals surface area (Å²) in [4.78, 5) is 21.5. The summed E-state index contributed by atoms with van der Waals surface area (Å²) in [5, 5.41) is 7.43. The van der Waals surface area contributed by atoms with Gasteiger partial charge in [-0.05, 0) is 49.2 Å². The fourth-order valence-electron chi connectivity index (χ4n) is 3.45. The molecule has 8 heteroatoms. The maximum Gasteiger partial charge on any atom is 0.220 e. The Morgan fingerprint density at radius 1 is 1.09 bits per heavy atom. The molecule has 0 saturated carbocycles. The molecule has 32 heavy (non-hydrogen) atoms. The van der Waals surface area contributed by atoms with Crippen LogP contribution >= 0.6 is 0 Å². The summed E-state index contributed by atoms with van der Waals surface area (Å²) < 4.78 is 12.2. The number of nitrogens with one attached hydrogen (secondary N) is 1. The fourth-order valence-corrected chi connectivity index (χ4v) is 3.45. The molecule has 2 aromatic heterocycles. The van der Waals surface area contributed by atoms with Gasteiger partial charge in [0.25, 0.3) is 0 Å². The number of amides is 1. The van der Waals surface area contributed by atoms with Gasteiger partial charge in [-0.15, -0.1) is 5.10 Å². The minimum absolute atomic E-state index is 0.0701. The quantitative estimate of drug-likeness (QED) is 0.458. The average molecular weight is 431 g/mol. The monoisotopic (exact) mass is 431 g/mol. The van der Waals surface area contributed by atoms with Crippen LogP contribution in [0.3, 0.4) is 0 Å². The smallest absolute Gasteiger partial charge is 0.220 e. The number of rotatable bonds is 8. The zero-order chi connectivity index (χ0) is 22.5. The van der Waals surface area contributed by atoms with Crippen molar-refractivity contribution >= 4 is 11.6 Å². The third-order valence-electron chi connectivity index (χ3n) is 5.21. The fraction of sp³-hybridized carbons (Fsp3) is 0.250. The molecule has 4 rings (SSSR count). The topological polar surface area (TPSA) is 90.6 Å². The molecule has 0 aliphatic heterocycles. The first-order valence-electron chi connectivity index (χ1n) is 10.4. The van der Waals surface area contributed by atoms with Gasteiger partial charge in [-0.3, -0.25) is 4.79 Å². The zero-order valence-electron chi connectivity index (χ0n) is 18.3. The third-order valence-corrected chi connectivity index (χ3v) is 5.21. The van der Waals surface area contributed by atoms with Crippen molar-refractivity contribution in [1.29, 1.82) is 0 Å². The Morgan fingerprint density at radius 3 is 2.62 bits per heavy atom. The predicted molar refractivity (Wildman–Crippen MR) is 121 cm³/mol. The van der Waals surface area contributed by atoms with Crippen LogP contribution in [0.15, 0.2) is 60.9 Å². The van der Waals surface area contributed by atoms with Crippen molar-refractivity contribution in [3.05, 3.63) is 72.3 Å². The number of carbonyl (C=O) groups is 1. The summed E-state index contributed by atoms with van der Waals surface area (Å²) in [6.07, 6.45) is 2.57. The summed E-state index contributed by atoms with van der Waals surface area (Å²) in [6.45, 7) is 1.87. The van der Waals surface area contributed by atoms with Crippen molar-refractivity contribution in [2.45, 2.75) is 25.8 Å². The highest BCUT2D eigenvalue weighted by molar-refractivity contribution is 5.76. The second-order valence-electron chi connectivity index (χ2n) is 7.38. The zero-order valence-corrected chi connectivity index (χ0v) is 18.3. The second-order valence-corrected chi connectivity index (χ2v) is 7.38. The Bertz CT molecular complexity index is 1220. The molecule has 4 aromatic rings. The molecule has 164 valence electrons. The molecule has 0 fully saturated rings. The number of benzene rings is 2. The molecular weight excluding hydrogens is 406 g/mol. The maximum absolute atomic E-state index is 12.5. The Hall–Kier alpha value is -3.94. The van der Waals surface area contributed by atoms with Crippen molar-refractivity contribution < 1.29 is 14.3 Å². The number of nitrogens with zero attached hydrogens (tertiary/aromatic N) is 4. The molecule has 0 bridgehead atoms. The van der Waals surface area contributed by atoms with Gasteiger partial charge in [0.15, 0.2) is 11.5 Å². The molecule has 0 unspecified atom stereocenters. The van der Waals surface area contributed by atoms with E-state index in [2.05, 4.69) is 20.4 Å². The average Bonchev–Trinajstić information content (AvgIpc) is 3.26. The number of aromatic nitrogens is 4. The number of methoxy groups -OCH3 is 2. The molecule has 0 aliphatic carbocycles. The maximum atomic E-state index is 12.5. The highest BCUT2D eigenvalue weighted by atomic mass is 16.5. The van der Waals surface area contributed by atoms with Crippen molar-refractivity contribution in [2.75, 3.05) is 14.2 Å². The predicted octanol–water partition coefficient (Wildman–Crippen LogP) is 3.62. The van der Waals surface area contributed by atoms with Crippen LogP contribution in [-0.2, 0) is 11.2 Å². The molecule has 1 N–H and O–H groups in total. The van der Waals surface area contributed by atoms with Crippen molar-refractivity contribution in [3.63, 3.8) is 0 Å². The molecule has 2 aromatic carbocycles. The number of carbonyl (C=O) groups excluding carboxylic acids is 1. The second kappa shape index (κ2) is 9.47. The van der Waals surface area contributed by atoms with Gasteiger partial charge in [0.1, 0.15) is 17.8 Å². The number of hydrogen-bond acceptors (Lipinski definition) is 6. The molecule has 0 aliphatic rings. The number of aryl methyl sites for hydroxylation is 1. The molecule has 0 radical (unpaired) electrons. The van der Waals surface area contributed by atoms with Crippen LogP contribution in [0.25, 0.3) is 16.9 Å². The first kappa shape index (κ1) is 21.3. The van der Waals surface area contributed by atoms with Gasteiger partial charge in [-0.25, -0.2) is 14.5 Å². The van der Waals surface area contributed by atoms with Gasteiger partial charge in [-0.1, -0.05) is 18.2 Å². The molecule has 0 saturated heterocycles. The van der Waals surface area contributed by atoms with Crippen LogP contribution in [0, 0.1) is 0 Å². The summed E-state index contributed by atoms with van der Waals surface area (Å²) in [5.41, 5.74) is 3.40. The SMILES string of the molecule is COc1ccc(-c2cc3nc([C@@H](C)NC(=O)CCc4ccccc4OC)nn3cn2)cc1. The molecular formula is C24H25N5O3. The van der Waals surface area contributed by atoms with Crippen LogP contribution < -0.4 is 14.8 Å². The van der Waals surface area contributed by atoms with Crippen molar-refractivity contribution in [2.24, 2.45) is 0 Å². The van der Waals surface area contributed by atoms with Crippen LogP contribution in [0.5, 0.6) is 11.5 Å². The van der Waals surface area contributed by atoms with E-state index in [4.69, 9.17) is 9.47 Å². The standard InChI is InChI=1S/C24H25N5O3/c1-16(26-23(30)13-10-18-6-4-5-7-21(18)32-3)24-27-22-14-20(25-15-29(22)28-24)17-8-11-19(31-2)12-9-17/h4-9,11-12,14-16H,10,13H2,1-3H3,(H,26,30)/t16-/m1/s1. The lowest BCUT2D eigenvalue weighted by Gasteiger charge is -2.11. The van der Waals surface area contributed by atoms with Gasteiger partial charge in [0, 0.05) is 18.1 Å². The number of para-hydroxylation sites is 1. The summed E-state index contributed by atoms with van der Waals surface area (Å²) >= 11 is 0. The van der Waals surface area contributed by atoms with E-state index >= 15 is 0 Å². The summed E-state index contributed by atoms with van der Waals surface area (Å²) in [5.74, 6) is 2.04. The Labute approximate surface area is 186 Å². The summed E-state index contributed by atoms with van der Waals surface area (Å²) in [7, 11) is 3.26. The first-order valence-corrected chi connectivity index (χ1v) is 10.4. The Morgan fingerprint density at radius 2 is 1.88 bits per heavy atom. The lowest BCUT2D eigenvalue weighted by atomic mass is 10.1. The number of hydrogen-bond donors (Lipinski definition) is 1. The highest BCUT2D eigenvalue weighted by Gasteiger charge is 2.16. The third kappa shape index (κ3) is 4.69. The largest absolute Gasteiger partial charge is 0.497 e. The van der Waals surface area contributed by atoms with Gasteiger partial charge < -0.3 is 14.8 Å². The molecule has 8 nitrogen and oxygen atoms in total. The van der Waals surface area contributed by atoms with Crippen molar-refractivity contribution in [3.8, 4) is 22.8 Å². The van der Waals surface area contributed by atoms with E-state index < -0.39 is 0 Å². The van der Waals surface area contributed by atoms with E-state index in [1.165, 1.54) is 0 Å². The minimum Gasteiger partial charge on any atom is -0.497 e.